The Hall–Kier alpha value is -0.860. The van der Waals surface area contributed by atoms with Gasteiger partial charge in [0.15, 0.2) is 0 Å². The number of unbranched alkanes of at least 4 members (excludes halogenated alkanes) is 1. The van der Waals surface area contributed by atoms with Crippen molar-refractivity contribution >= 4 is 11.7 Å². The molecule has 0 radical (unpaired) electrons. The van der Waals surface area contributed by atoms with Crippen molar-refractivity contribution in [3.63, 3.8) is 0 Å². The van der Waals surface area contributed by atoms with Gasteiger partial charge in [0.1, 0.15) is 5.78 Å². The SMILES string of the molecule is CCCCC(=O)N1CCCC1CC(C)=O. The van der Waals surface area contributed by atoms with Crippen LogP contribution >= 0.6 is 0 Å². The highest BCUT2D eigenvalue weighted by Gasteiger charge is 2.28. The fraction of sp³-hybridized carbons (Fsp3) is 0.833. The first-order valence-corrected chi connectivity index (χ1v) is 5.94. The standard InChI is InChI=1S/C12H21NO2/c1-3-4-7-12(15)13-8-5-6-11(13)9-10(2)14/h11H,3-9H2,1-2H3. The van der Waals surface area contributed by atoms with Gasteiger partial charge in [0, 0.05) is 25.4 Å². The molecule has 1 heterocycles. The van der Waals surface area contributed by atoms with E-state index in [0.717, 1.165) is 32.2 Å². The van der Waals surface area contributed by atoms with Crippen LogP contribution in [0.1, 0.15) is 52.4 Å². The van der Waals surface area contributed by atoms with Gasteiger partial charge in [-0.05, 0) is 26.2 Å². The highest BCUT2D eigenvalue weighted by Crippen LogP contribution is 2.21. The molecule has 1 fully saturated rings. The van der Waals surface area contributed by atoms with E-state index in [1.54, 1.807) is 6.92 Å². The Morgan fingerprint density at radius 1 is 1.40 bits per heavy atom. The summed E-state index contributed by atoms with van der Waals surface area (Å²) >= 11 is 0. The molecular weight excluding hydrogens is 190 g/mol. The molecule has 1 rings (SSSR count). The Kier molecular flexibility index (Phi) is 4.79. The van der Waals surface area contributed by atoms with Gasteiger partial charge < -0.3 is 4.90 Å². The maximum absolute atomic E-state index is 11.8. The number of ketones is 1. The van der Waals surface area contributed by atoms with Gasteiger partial charge in [-0.1, -0.05) is 13.3 Å². The topological polar surface area (TPSA) is 37.4 Å². The van der Waals surface area contributed by atoms with E-state index in [9.17, 15) is 9.59 Å². The van der Waals surface area contributed by atoms with Gasteiger partial charge >= 0.3 is 0 Å². The Balaban J connectivity index is 2.44. The Labute approximate surface area is 91.8 Å². The Morgan fingerprint density at radius 2 is 2.13 bits per heavy atom. The van der Waals surface area contributed by atoms with Gasteiger partial charge in [-0.3, -0.25) is 9.59 Å². The van der Waals surface area contributed by atoms with Crippen molar-refractivity contribution in [3.8, 4) is 0 Å². The van der Waals surface area contributed by atoms with Crippen LogP contribution in [0.5, 0.6) is 0 Å². The van der Waals surface area contributed by atoms with Crippen LogP contribution < -0.4 is 0 Å². The molecule has 1 saturated heterocycles. The molecular formula is C12H21NO2. The molecule has 86 valence electrons. The van der Waals surface area contributed by atoms with Crippen molar-refractivity contribution in [1.29, 1.82) is 0 Å². The quantitative estimate of drug-likeness (QED) is 0.698. The first-order chi connectivity index (χ1) is 7.15. The number of amides is 1. The molecule has 0 spiro atoms. The monoisotopic (exact) mass is 211 g/mol. The Bertz CT molecular complexity index is 238. The molecule has 15 heavy (non-hydrogen) atoms. The van der Waals surface area contributed by atoms with Crippen LogP contribution in [0.4, 0.5) is 0 Å². The van der Waals surface area contributed by atoms with E-state index in [4.69, 9.17) is 0 Å². The summed E-state index contributed by atoms with van der Waals surface area (Å²) in [4.78, 5) is 24.8. The molecule has 0 N–H and O–H groups in total. The molecule has 1 aliphatic heterocycles. The minimum atomic E-state index is 0.187. The first-order valence-electron chi connectivity index (χ1n) is 5.94. The van der Waals surface area contributed by atoms with Gasteiger partial charge in [0.25, 0.3) is 0 Å². The lowest BCUT2D eigenvalue weighted by molar-refractivity contribution is -0.132. The predicted octanol–water partition coefficient (Wildman–Crippen LogP) is 2.15. The summed E-state index contributed by atoms with van der Waals surface area (Å²) in [5.41, 5.74) is 0. The molecule has 1 atom stereocenters. The molecule has 0 aromatic heterocycles. The van der Waals surface area contributed by atoms with Crippen LogP contribution in [0.3, 0.4) is 0 Å². The third-order valence-corrected chi connectivity index (χ3v) is 2.96. The van der Waals surface area contributed by atoms with Crippen molar-refractivity contribution in [2.45, 2.75) is 58.4 Å². The number of Topliss-reactive ketones (excluding diaryl/α,β-unsaturated/α-hetero) is 1. The summed E-state index contributed by atoms with van der Waals surface area (Å²) in [5.74, 6) is 0.427. The lowest BCUT2D eigenvalue weighted by Gasteiger charge is -2.23. The second kappa shape index (κ2) is 5.89. The molecule has 0 saturated carbocycles. The average Bonchev–Trinajstić information content (AvgIpc) is 2.61. The van der Waals surface area contributed by atoms with Crippen LogP contribution in [0.25, 0.3) is 0 Å². The highest BCUT2D eigenvalue weighted by atomic mass is 16.2. The maximum atomic E-state index is 11.8. The molecule has 0 aliphatic carbocycles. The second-order valence-corrected chi connectivity index (χ2v) is 4.39. The van der Waals surface area contributed by atoms with E-state index in [1.807, 2.05) is 4.90 Å². The van der Waals surface area contributed by atoms with Crippen molar-refractivity contribution < 1.29 is 9.59 Å². The fourth-order valence-electron chi connectivity index (χ4n) is 2.18. The van der Waals surface area contributed by atoms with Gasteiger partial charge in [-0.25, -0.2) is 0 Å². The summed E-state index contributed by atoms with van der Waals surface area (Å²) in [5, 5.41) is 0. The smallest absolute Gasteiger partial charge is 0.222 e. The third kappa shape index (κ3) is 3.65. The number of carbonyl (C=O) groups excluding carboxylic acids is 2. The van der Waals surface area contributed by atoms with Crippen molar-refractivity contribution in [2.75, 3.05) is 6.54 Å². The minimum absolute atomic E-state index is 0.187. The lowest BCUT2D eigenvalue weighted by Crippen LogP contribution is -2.36. The molecule has 1 amide bonds. The van der Waals surface area contributed by atoms with Crippen LogP contribution in [0.2, 0.25) is 0 Å². The summed E-state index contributed by atoms with van der Waals surface area (Å²) in [6.45, 7) is 4.54. The Morgan fingerprint density at radius 3 is 2.73 bits per heavy atom. The van der Waals surface area contributed by atoms with Gasteiger partial charge in [-0.15, -0.1) is 0 Å². The zero-order valence-corrected chi connectivity index (χ0v) is 9.79. The summed E-state index contributed by atoms with van der Waals surface area (Å²) < 4.78 is 0. The molecule has 0 aromatic rings. The fourth-order valence-corrected chi connectivity index (χ4v) is 2.18. The lowest BCUT2D eigenvalue weighted by atomic mass is 10.1. The molecule has 0 aromatic carbocycles. The van der Waals surface area contributed by atoms with Gasteiger partial charge in [0.05, 0.1) is 0 Å². The second-order valence-electron chi connectivity index (χ2n) is 4.39. The number of hydrogen-bond acceptors (Lipinski definition) is 2. The summed E-state index contributed by atoms with van der Waals surface area (Å²) in [6.07, 6.45) is 5.25. The third-order valence-electron chi connectivity index (χ3n) is 2.96. The van der Waals surface area contributed by atoms with Crippen LogP contribution in [-0.4, -0.2) is 29.2 Å². The zero-order chi connectivity index (χ0) is 11.3. The maximum Gasteiger partial charge on any atom is 0.222 e. The first kappa shape index (κ1) is 12.2. The number of nitrogens with zero attached hydrogens (tertiary/aromatic N) is 1. The number of carbonyl (C=O) groups is 2. The molecule has 1 unspecified atom stereocenters. The van der Waals surface area contributed by atoms with Gasteiger partial charge in [-0.2, -0.15) is 0 Å². The molecule has 0 bridgehead atoms. The molecule has 3 nitrogen and oxygen atoms in total. The molecule has 1 aliphatic rings. The average molecular weight is 211 g/mol. The van der Waals surface area contributed by atoms with E-state index >= 15 is 0 Å². The number of likely N-dealkylation sites (tertiary alicyclic amines) is 1. The largest absolute Gasteiger partial charge is 0.339 e. The van der Waals surface area contributed by atoms with Crippen molar-refractivity contribution in [3.05, 3.63) is 0 Å². The zero-order valence-electron chi connectivity index (χ0n) is 9.79. The highest BCUT2D eigenvalue weighted by molar-refractivity contribution is 5.80. The van der Waals surface area contributed by atoms with Crippen LogP contribution in [-0.2, 0) is 9.59 Å². The number of hydrogen-bond donors (Lipinski definition) is 0. The van der Waals surface area contributed by atoms with E-state index in [1.165, 1.54) is 0 Å². The van der Waals surface area contributed by atoms with Crippen molar-refractivity contribution in [1.82, 2.24) is 4.90 Å². The number of rotatable bonds is 5. The molecule has 3 heteroatoms. The van der Waals surface area contributed by atoms with Crippen LogP contribution in [0, 0.1) is 0 Å². The normalized spacial score (nSPS) is 20.7. The van der Waals surface area contributed by atoms with Gasteiger partial charge in [0.2, 0.25) is 5.91 Å². The summed E-state index contributed by atoms with van der Waals surface area (Å²) in [7, 11) is 0. The van der Waals surface area contributed by atoms with E-state index in [0.29, 0.717) is 12.8 Å². The van der Waals surface area contributed by atoms with E-state index in [2.05, 4.69) is 6.92 Å². The predicted molar refractivity (Wildman–Crippen MR) is 59.6 cm³/mol. The van der Waals surface area contributed by atoms with E-state index < -0.39 is 0 Å². The minimum Gasteiger partial charge on any atom is -0.339 e. The van der Waals surface area contributed by atoms with Crippen LogP contribution in [0.15, 0.2) is 0 Å². The van der Waals surface area contributed by atoms with Crippen molar-refractivity contribution in [2.24, 2.45) is 0 Å². The van der Waals surface area contributed by atoms with E-state index in [-0.39, 0.29) is 17.7 Å². The summed E-state index contributed by atoms with van der Waals surface area (Å²) in [6, 6.07) is 0.187.